The lowest BCUT2D eigenvalue weighted by molar-refractivity contribution is -0.155. The number of imide groups is 1. The van der Waals surface area contributed by atoms with Crippen molar-refractivity contribution in [2.75, 3.05) is 5.32 Å². The zero-order valence-corrected chi connectivity index (χ0v) is 17.3. The van der Waals surface area contributed by atoms with E-state index in [0.29, 0.717) is 17.7 Å². The Kier molecular flexibility index (Phi) is 6.86. The van der Waals surface area contributed by atoms with Gasteiger partial charge in [-0.2, -0.15) is 0 Å². The molecule has 31 heavy (non-hydrogen) atoms. The van der Waals surface area contributed by atoms with Gasteiger partial charge in [-0.05, 0) is 37.6 Å². The number of imidazole rings is 1. The molecule has 2 aromatic carbocycles. The van der Waals surface area contributed by atoms with E-state index >= 15 is 0 Å². The summed E-state index contributed by atoms with van der Waals surface area (Å²) in [6.07, 6.45) is -0.450. The van der Waals surface area contributed by atoms with Crippen molar-refractivity contribution in [3.63, 3.8) is 0 Å². The van der Waals surface area contributed by atoms with E-state index in [0.717, 1.165) is 11.9 Å². The molecule has 0 spiro atoms. The monoisotopic (exact) mass is 424 g/mol. The Morgan fingerprint density at radius 2 is 1.58 bits per heavy atom. The van der Waals surface area contributed by atoms with Gasteiger partial charge in [0.25, 0.3) is 5.91 Å². The number of benzene rings is 2. The number of carbonyl (C=O) groups is 3. The molecule has 1 unspecified atom stereocenters. The molecule has 9 nitrogen and oxygen atoms in total. The molecule has 0 saturated carbocycles. The molecule has 0 aliphatic carbocycles. The fraction of sp³-hybridized carbons (Fsp3) is 0.273. The Balaban J connectivity index is 1.63. The predicted octanol–water partition coefficient (Wildman–Crippen LogP) is 2.49. The van der Waals surface area contributed by atoms with Crippen LogP contribution in [0.5, 0.6) is 0 Å². The first-order chi connectivity index (χ1) is 14.9. The lowest BCUT2D eigenvalue weighted by Gasteiger charge is -2.13. The van der Waals surface area contributed by atoms with Crippen molar-refractivity contribution in [2.24, 2.45) is 0 Å². The second-order valence-corrected chi connectivity index (χ2v) is 6.95. The molecule has 0 aliphatic rings. The smallest absolute Gasteiger partial charge is 0.329 e. The summed E-state index contributed by atoms with van der Waals surface area (Å²) in [5.41, 5.74) is 1.53. The minimum Gasteiger partial charge on any atom is -0.451 e. The molecule has 2 N–H and O–H groups in total. The maximum atomic E-state index is 12.7. The molecule has 0 radical (unpaired) electrons. The first kappa shape index (κ1) is 21.8. The number of hydrogen-bond acceptors (Lipinski definition) is 5. The van der Waals surface area contributed by atoms with E-state index < -0.39 is 24.0 Å². The van der Waals surface area contributed by atoms with Gasteiger partial charge in [0.1, 0.15) is 6.54 Å². The van der Waals surface area contributed by atoms with Crippen molar-refractivity contribution in [3.8, 4) is 0 Å². The quantitative estimate of drug-likeness (QED) is 0.566. The highest BCUT2D eigenvalue weighted by Gasteiger charge is 2.22. The topological polar surface area (TPSA) is 111 Å². The fourth-order valence-electron chi connectivity index (χ4n) is 3.18. The molecule has 1 atom stereocenters. The zero-order valence-electron chi connectivity index (χ0n) is 17.3. The Morgan fingerprint density at radius 1 is 0.968 bits per heavy atom. The number of hydrogen-bond donors (Lipinski definition) is 2. The third-order valence-corrected chi connectivity index (χ3v) is 4.61. The molecule has 3 rings (SSSR count). The normalized spacial score (nSPS) is 11.7. The summed E-state index contributed by atoms with van der Waals surface area (Å²) in [6.45, 7) is 3.49. The van der Waals surface area contributed by atoms with Crippen LogP contribution in [0.25, 0.3) is 11.0 Å². The molecule has 1 aromatic heterocycles. The van der Waals surface area contributed by atoms with Gasteiger partial charge in [-0.15, -0.1) is 0 Å². The largest absolute Gasteiger partial charge is 0.451 e. The van der Waals surface area contributed by atoms with Crippen LogP contribution in [-0.2, 0) is 27.4 Å². The number of urea groups is 1. The summed E-state index contributed by atoms with van der Waals surface area (Å²) < 4.78 is 8.06. The number of para-hydroxylation sites is 3. The highest BCUT2D eigenvalue weighted by atomic mass is 16.5. The third kappa shape index (κ3) is 5.19. The molecule has 9 heteroatoms. The maximum Gasteiger partial charge on any atom is 0.329 e. The van der Waals surface area contributed by atoms with Crippen LogP contribution in [0, 0.1) is 0 Å². The predicted molar refractivity (Wildman–Crippen MR) is 116 cm³/mol. The first-order valence-corrected chi connectivity index (χ1v) is 9.95. The minimum atomic E-state index is -1.21. The number of nitrogens with one attached hydrogen (secondary N) is 2. The number of aromatic nitrogens is 2. The number of anilines is 1. The molecule has 3 aromatic rings. The molecule has 3 amide bonds. The number of amides is 3. The van der Waals surface area contributed by atoms with Crippen molar-refractivity contribution in [2.45, 2.75) is 39.5 Å². The van der Waals surface area contributed by atoms with Crippen molar-refractivity contribution < 1.29 is 19.1 Å². The molecule has 0 bridgehead atoms. The van der Waals surface area contributed by atoms with Crippen LogP contribution in [0.3, 0.4) is 0 Å². The van der Waals surface area contributed by atoms with E-state index in [1.807, 2.05) is 19.1 Å². The van der Waals surface area contributed by atoms with Crippen LogP contribution in [0.15, 0.2) is 59.4 Å². The number of aryl methyl sites for hydroxylation is 1. The third-order valence-electron chi connectivity index (χ3n) is 4.61. The average molecular weight is 424 g/mol. The second kappa shape index (κ2) is 9.75. The van der Waals surface area contributed by atoms with Crippen LogP contribution >= 0.6 is 0 Å². The minimum absolute atomic E-state index is 0.320. The summed E-state index contributed by atoms with van der Waals surface area (Å²) in [4.78, 5) is 49.2. The number of rotatable bonds is 7. The summed E-state index contributed by atoms with van der Waals surface area (Å²) >= 11 is 0. The molecular weight excluding hydrogens is 400 g/mol. The Bertz CT molecular complexity index is 1150. The average Bonchev–Trinajstić information content (AvgIpc) is 3.00. The van der Waals surface area contributed by atoms with E-state index in [4.69, 9.17) is 4.74 Å². The van der Waals surface area contributed by atoms with Crippen molar-refractivity contribution in [1.29, 1.82) is 0 Å². The molecule has 1 heterocycles. The Labute approximate surface area is 178 Å². The SMILES string of the molecule is CCCn1c(=O)n(CC(=O)OC(C)C(=O)NC(=O)Nc2ccccc2)c2ccccc21. The van der Waals surface area contributed by atoms with Crippen molar-refractivity contribution in [1.82, 2.24) is 14.5 Å². The van der Waals surface area contributed by atoms with Gasteiger partial charge in [0, 0.05) is 12.2 Å². The van der Waals surface area contributed by atoms with Gasteiger partial charge >= 0.3 is 17.7 Å². The van der Waals surface area contributed by atoms with E-state index in [1.54, 1.807) is 47.0 Å². The highest BCUT2D eigenvalue weighted by molar-refractivity contribution is 6.02. The highest BCUT2D eigenvalue weighted by Crippen LogP contribution is 2.13. The van der Waals surface area contributed by atoms with Crippen LogP contribution in [-0.4, -0.2) is 33.1 Å². The standard InChI is InChI=1S/C22H24N4O5/c1-3-13-25-17-11-7-8-12-18(17)26(22(25)30)14-19(27)31-15(2)20(28)24-21(29)23-16-9-5-4-6-10-16/h4-12,15H,3,13-14H2,1-2H3,(H2,23,24,28,29). The summed E-state index contributed by atoms with van der Waals surface area (Å²) in [7, 11) is 0. The summed E-state index contributed by atoms with van der Waals surface area (Å²) in [5, 5.41) is 4.62. The van der Waals surface area contributed by atoms with Crippen LogP contribution in [0.1, 0.15) is 20.3 Å². The number of fused-ring (bicyclic) bond motifs is 1. The Morgan fingerprint density at radius 3 is 2.23 bits per heavy atom. The van der Waals surface area contributed by atoms with Crippen LogP contribution in [0.4, 0.5) is 10.5 Å². The van der Waals surface area contributed by atoms with E-state index in [9.17, 15) is 19.2 Å². The van der Waals surface area contributed by atoms with Gasteiger partial charge in [-0.3, -0.25) is 24.0 Å². The lowest BCUT2D eigenvalue weighted by atomic mass is 10.3. The number of nitrogens with zero attached hydrogens (tertiary/aromatic N) is 2. The Hall–Kier alpha value is -3.88. The summed E-state index contributed by atoms with van der Waals surface area (Å²) in [6, 6.07) is 15.0. The second-order valence-electron chi connectivity index (χ2n) is 6.95. The van der Waals surface area contributed by atoms with Gasteiger partial charge < -0.3 is 10.1 Å². The van der Waals surface area contributed by atoms with Crippen LogP contribution < -0.4 is 16.3 Å². The van der Waals surface area contributed by atoms with Gasteiger partial charge in [0.15, 0.2) is 6.10 Å². The van der Waals surface area contributed by atoms with Gasteiger partial charge in [-0.25, -0.2) is 9.59 Å². The molecule has 0 saturated heterocycles. The number of carbonyl (C=O) groups excluding carboxylic acids is 3. The molecule has 162 valence electrons. The van der Waals surface area contributed by atoms with Crippen molar-refractivity contribution in [3.05, 3.63) is 65.1 Å². The van der Waals surface area contributed by atoms with Crippen LogP contribution in [0.2, 0.25) is 0 Å². The lowest BCUT2D eigenvalue weighted by Crippen LogP contribution is -2.42. The van der Waals surface area contributed by atoms with Gasteiger partial charge in [0.2, 0.25) is 0 Å². The summed E-state index contributed by atoms with van der Waals surface area (Å²) in [5.74, 6) is -1.53. The van der Waals surface area contributed by atoms with E-state index in [-0.39, 0.29) is 12.2 Å². The number of esters is 1. The maximum absolute atomic E-state index is 12.7. The molecular formula is C22H24N4O5. The first-order valence-electron chi connectivity index (χ1n) is 9.95. The van der Waals surface area contributed by atoms with Crippen molar-refractivity contribution >= 4 is 34.6 Å². The molecule has 0 aliphatic heterocycles. The zero-order chi connectivity index (χ0) is 22.4. The number of ether oxygens (including phenoxy) is 1. The fourth-order valence-corrected chi connectivity index (χ4v) is 3.18. The van der Waals surface area contributed by atoms with Gasteiger partial charge in [-0.1, -0.05) is 37.3 Å². The van der Waals surface area contributed by atoms with E-state index in [1.165, 1.54) is 11.5 Å². The van der Waals surface area contributed by atoms with Gasteiger partial charge in [0.05, 0.1) is 11.0 Å². The molecule has 0 fully saturated rings. The van der Waals surface area contributed by atoms with E-state index in [2.05, 4.69) is 10.6 Å².